The summed E-state index contributed by atoms with van der Waals surface area (Å²) < 4.78 is 0. The molecule has 0 aliphatic rings. The van der Waals surface area contributed by atoms with Crippen molar-refractivity contribution in [1.82, 2.24) is 4.90 Å². The van der Waals surface area contributed by atoms with E-state index in [1.807, 2.05) is 26.0 Å². The molecule has 0 bridgehead atoms. The molecule has 52 valence electrons. The lowest BCUT2D eigenvalue weighted by atomic mass is 11.0. The van der Waals surface area contributed by atoms with E-state index >= 15 is 0 Å². The minimum absolute atomic E-state index is 0.222. The van der Waals surface area contributed by atoms with Crippen LogP contribution < -0.4 is 0 Å². The zero-order chi connectivity index (χ0) is 7.15. The Labute approximate surface area is 61.6 Å². The minimum Gasteiger partial charge on any atom is -0.312 e. The molecule has 0 saturated heterocycles. The smallest absolute Gasteiger partial charge is 0.105 e. The van der Waals surface area contributed by atoms with Crippen LogP contribution in [0.4, 0.5) is 0 Å². The molecular formula is C5H13Cl2N. The number of rotatable bonds is 0. The van der Waals surface area contributed by atoms with Gasteiger partial charge in [-0.15, -0.1) is 23.2 Å². The van der Waals surface area contributed by atoms with E-state index in [9.17, 15) is 0 Å². The molecule has 0 radical (unpaired) electrons. The summed E-state index contributed by atoms with van der Waals surface area (Å²) in [6, 6.07) is 0. The molecule has 0 aliphatic heterocycles. The van der Waals surface area contributed by atoms with Crippen molar-refractivity contribution in [3.8, 4) is 0 Å². The van der Waals surface area contributed by atoms with Crippen molar-refractivity contribution in [2.75, 3.05) is 21.1 Å². The van der Waals surface area contributed by atoms with Gasteiger partial charge in [-0.05, 0) is 28.1 Å². The zero-order valence-electron chi connectivity index (χ0n) is 5.78. The maximum atomic E-state index is 5.04. The highest BCUT2D eigenvalue weighted by Gasteiger charge is 1.75. The van der Waals surface area contributed by atoms with Crippen LogP contribution in [0.2, 0.25) is 0 Å². The predicted octanol–water partition coefficient (Wildman–Crippen LogP) is 1.99. The van der Waals surface area contributed by atoms with E-state index in [-0.39, 0.29) is 4.84 Å². The monoisotopic (exact) mass is 157 g/mol. The molecule has 1 nitrogen and oxygen atoms in total. The first-order valence-electron chi connectivity index (χ1n) is 2.36. The first-order chi connectivity index (χ1) is 3.46. The van der Waals surface area contributed by atoms with Crippen LogP contribution in [0.5, 0.6) is 0 Å². The molecule has 8 heavy (non-hydrogen) atoms. The maximum Gasteiger partial charge on any atom is 0.105 e. The lowest BCUT2D eigenvalue weighted by Gasteiger charge is -1.90. The Kier molecular flexibility index (Phi) is 10.7. The summed E-state index contributed by atoms with van der Waals surface area (Å²) >= 11 is 10.1. The van der Waals surface area contributed by atoms with Gasteiger partial charge in [-0.3, -0.25) is 0 Å². The van der Waals surface area contributed by atoms with Crippen molar-refractivity contribution in [2.45, 2.75) is 11.8 Å². The van der Waals surface area contributed by atoms with Crippen LogP contribution in [0.3, 0.4) is 0 Å². The Hall–Kier alpha value is 0.540. The van der Waals surface area contributed by atoms with Gasteiger partial charge in [-0.25, -0.2) is 0 Å². The van der Waals surface area contributed by atoms with Crippen molar-refractivity contribution < 1.29 is 0 Å². The van der Waals surface area contributed by atoms with Gasteiger partial charge in [0.15, 0.2) is 0 Å². The molecule has 0 aliphatic carbocycles. The van der Waals surface area contributed by atoms with Gasteiger partial charge >= 0.3 is 0 Å². The summed E-state index contributed by atoms with van der Waals surface area (Å²) in [6.45, 7) is 1.70. The van der Waals surface area contributed by atoms with Crippen LogP contribution in [0.25, 0.3) is 0 Å². The molecule has 0 atom stereocenters. The van der Waals surface area contributed by atoms with E-state index < -0.39 is 0 Å². The summed E-state index contributed by atoms with van der Waals surface area (Å²) in [5.41, 5.74) is 0. The molecule has 3 heteroatoms. The Bertz CT molecular complexity index is 25.9. The molecule has 0 spiro atoms. The van der Waals surface area contributed by atoms with Crippen molar-refractivity contribution in [1.29, 1.82) is 0 Å². The normalized spacial score (nSPS) is 9.00. The topological polar surface area (TPSA) is 3.24 Å². The van der Waals surface area contributed by atoms with Gasteiger partial charge in [0.2, 0.25) is 0 Å². The van der Waals surface area contributed by atoms with Crippen molar-refractivity contribution in [2.24, 2.45) is 0 Å². The summed E-state index contributed by atoms with van der Waals surface area (Å²) in [4.78, 5) is 1.78. The molecule has 0 rings (SSSR count). The molecule has 0 aromatic heterocycles. The molecule has 0 unspecified atom stereocenters. The van der Waals surface area contributed by atoms with Crippen LogP contribution in [0, 0.1) is 0 Å². The van der Waals surface area contributed by atoms with Gasteiger partial charge in [-0.1, -0.05) is 0 Å². The van der Waals surface area contributed by atoms with E-state index in [0.717, 1.165) is 0 Å². The third kappa shape index (κ3) is 688. The number of nitrogens with zero attached hydrogens (tertiary/aromatic N) is 1. The Morgan fingerprint density at radius 3 is 1.12 bits per heavy atom. The standard InChI is InChI=1S/C3H9N.C2H4Cl2/c1-4(2)3;1-2(3)4/h1-3H3;2H,1H3. The van der Waals surface area contributed by atoms with E-state index in [2.05, 4.69) is 0 Å². The molecule has 0 amide bonds. The Morgan fingerprint density at radius 1 is 1.12 bits per heavy atom. The molecule has 0 fully saturated rings. The Morgan fingerprint density at radius 2 is 1.12 bits per heavy atom. The van der Waals surface area contributed by atoms with E-state index in [0.29, 0.717) is 0 Å². The van der Waals surface area contributed by atoms with E-state index in [1.165, 1.54) is 0 Å². The van der Waals surface area contributed by atoms with Gasteiger partial charge in [-0.2, -0.15) is 0 Å². The number of alkyl halides is 2. The summed E-state index contributed by atoms with van der Waals surface area (Å²) in [6.07, 6.45) is 0. The predicted molar refractivity (Wildman–Crippen MR) is 40.8 cm³/mol. The third-order valence-electron chi connectivity index (χ3n) is 0. The van der Waals surface area contributed by atoms with Crippen molar-refractivity contribution in [3.05, 3.63) is 0 Å². The number of halogens is 2. The molecule has 0 aromatic carbocycles. The van der Waals surface area contributed by atoms with Gasteiger partial charge < -0.3 is 4.90 Å². The second kappa shape index (κ2) is 7.54. The molecule has 0 heterocycles. The summed E-state index contributed by atoms with van der Waals surface area (Å²) in [7, 11) is 6.00. The maximum absolute atomic E-state index is 5.04. The fourth-order valence-electron chi connectivity index (χ4n) is 0. The van der Waals surface area contributed by atoms with Crippen LogP contribution in [-0.4, -0.2) is 30.9 Å². The van der Waals surface area contributed by atoms with Gasteiger partial charge in [0.1, 0.15) is 4.84 Å². The average Bonchev–Trinajstić information content (AvgIpc) is 1.25. The van der Waals surface area contributed by atoms with Crippen LogP contribution >= 0.6 is 23.2 Å². The van der Waals surface area contributed by atoms with Crippen LogP contribution in [0.15, 0.2) is 0 Å². The first kappa shape index (κ1) is 11.4. The quantitative estimate of drug-likeness (QED) is 0.487. The summed E-state index contributed by atoms with van der Waals surface area (Å²) in [5, 5.41) is 0. The second-order valence-corrected chi connectivity index (χ2v) is 3.39. The van der Waals surface area contributed by atoms with Crippen LogP contribution in [-0.2, 0) is 0 Å². The first-order valence-corrected chi connectivity index (χ1v) is 3.23. The van der Waals surface area contributed by atoms with E-state index in [4.69, 9.17) is 23.2 Å². The largest absolute Gasteiger partial charge is 0.312 e. The lowest BCUT2D eigenvalue weighted by Crippen LogP contribution is -1.99. The minimum atomic E-state index is -0.222. The molecule has 0 N–H and O–H groups in total. The number of hydrogen-bond acceptors (Lipinski definition) is 1. The lowest BCUT2D eigenvalue weighted by molar-refractivity contribution is 0.505. The fraction of sp³-hybridized carbons (Fsp3) is 1.00. The molecule has 0 saturated carbocycles. The fourth-order valence-corrected chi connectivity index (χ4v) is 0. The van der Waals surface area contributed by atoms with Crippen LogP contribution in [0.1, 0.15) is 6.92 Å². The highest BCUT2D eigenvalue weighted by Crippen LogP contribution is 1.95. The highest BCUT2D eigenvalue weighted by atomic mass is 35.5. The van der Waals surface area contributed by atoms with Gasteiger partial charge in [0.05, 0.1) is 0 Å². The second-order valence-electron chi connectivity index (χ2n) is 1.86. The van der Waals surface area contributed by atoms with Gasteiger partial charge in [0.25, 0.3) is 0 Å². The SMILES string of the molecule is CC(Cl)Cl.CN(C)C. The highest BCUT2D eigenvalue weighted by molar-refractivity contribution is 6.43. The zero-order valence-corrected chi connectivity index (χ0v) is 7.29. The Balaban J connectivity index is 0. The van der Waals surface area contributed by atoms with Gasteiger partial charge in [0, 0.05) is 0 Å². The third-order valence-corrected chi connectivity index (χ3v) is 0. The molecule has 0 aromatic rings. The molecular weight excluding hydrogens is 145 g/mol. The van der Waals surface area contributed by atoms with Crippen molar-refractivity contribution in [3.63, 3.8) is 0 Å². The average molecular weight is 158 g/mol. The van der Waals surface area contributed by atoms with E-state index in [1.54, 1.807) is 6.92 Å². The van der Waals surface area contributed by atoms with Crippen molar-refractivity contribution >= 4 is 23.2 Å². The number of hydrogen-bond donors (Lipinski definition) is 0. The summed E-state index contributed by atoms with van der Waals surface area (Å²) in [5.74, 6) is 0.